The van der Waals surface area contributed by atoms with Crippen LogP contribution in [0.3, 0.4) is 0 Å². The molecule has 1 N–H and O–H groups in total. The van der Waals surface area contributed by atoms with Gasteiger partial charge in [0, 0.05) is 10.0 Å². The van der Waals surface area contributed by atoms with Gasteiger partial charge in [0.05, 0.1) is 13.1 Å². The zero-order valence-corrected chi connectivity index (χ0v) is 14.2. The minimum Gasteiger partial charge on any atom is -0.324 e. The van der Waals surface area contributed by atoms with Gasteiger partial charge in [0.1, 0.15) is 5.54 Å². The molecule has 1 fully saturated rings. The number of carbonyl (C=O) groups is 2. The maximum atomic E-state index is 12.1. The first-order chi connectivity index (χ1) is 10.9. The summed E-state index contributed by atoms with van der Waals surface area (Å²) in [4.78, 5) is 26.4. The predicted molar refractivity (Wildman–Crippen MR) is 85.3 cm³/mol. The summed E-state index contributed by atoms with van der Waals surface area (Å²) in [6.07, 6.45) is 0. The van der Waals surface area contributed by atoms with Crippen molar-refractivity contribution in [1.82, 2.24) is 30.4 Å². The van der Waals surface area contributed by atoms with E-state index in [1.54, 1.807) is 13.8 Å². The van der Waals surface area contributed by atoms with Gasteiger partial charge in [-0.2, -0.15) is 4.80 Å². The lowest BCUT2D eigenvalue weighted by Gasteiger charge is -2.15. The van der Waals surface area contributed by atoms with Crippen LogP contribution in [0.4, 0.5) is 4.79 Å². The number of nitrogens with zero attached hydrogens (tertiary/aromatic N) is 5. The summed E-state index contributed by atoms with van der Waals surface area (Å²) >= 11 is 3.37. The SMILES string of the molecule is CC1(C)NC(=O)N(CCn2nnc(-c3ccc(Br)cc3)n2)C1=O. The lowest BCUT2D eigenvalue weighted by molar-refractivity contribution is -0.130. The summed E-state index contributed by atoms with van der Waals surface area (Å²) in [5.74, 6) is 0.241. The van der Waals surface area contributed by atoms with E-state index < -0.39 is 11.6 Å². The Morgan fingerprint density at radius 2 is 1.87 bits per heavy atom. The van der Waals surface area contributed by atoms with E-state index in [0.29, 0.717) is 12.4 Å². The molecule has 8 nitrogen and oxygen atoms in total. The summed E-state index contributed by atoms with van der Waals surface area (Å²) in [6.45, 7) is 3.84. The largest absolute Gasteiger partial charge is 0.325 e. The Bertz CT molecular complexity index is 755. The van der Waals surface area contributed by atoms with Crippen LogP contribution in [0.2, 0.25) is 0 Å². The standard InChI is InChI=1S/C14H15BrN6O2/c1-14(2)12(22)20(13(23)16-14)7-8-21-18-11(17-19-21)9-3-5-10(15)6-4-9/h3-6H,7-8H2,1-2H3,(H,16,23). The van der Waals surface area contributed by atoms with Crippen LogP contribution in [-0.4, -0.2) is 49.1 Å². The number of benzene rings is 1. The van der Waals surface area contributed by atoms with Crippen LogP contribution in [0, 0.1) is 0 Å². The van der Waals surface area contributed by atoms with Crippen molar-refractivity contribution in [2.75, 3.05) is 6.54 Å². The van der Waals surface area contributed by atoms with Crippen molar-refractivity contribution in [2.24, 2.45) is 0 Å². The number of halogens is 1. The summed E-state index contributed by atoms with van der Waals surface area (Å²) in [5.41, 5.74) is -0.0225. The van der Waals surface area contributed by atoms with Crippen molar-refractivity contribution in [3.8, 4) is 11.4 Å². The number of hydrogen-bond acceptors (Lipinski definition) is 5. The molecular formula is C14H15BrN6O2. The summed E-state index contributed by atoms with van der Waals surface area (Å²) in [6, 6.07) is 7.15. The van der Waals surface area contributed by atoms with Crippen LogP contribution >= 0.6 is 15.9 Å². The number of aromatic nitrogens is 4. The molecule has 0 atom stereocenters. The van der Waals surface area contributed by atoms with Crippen molar-refractivity contribution in [1.29, 1.82) is 0 Å². The van der Waals surface area contributed by atoms with Crippen molar-refractivity contribution in [3.63, 3.8) is 0 Å². The average Bonchev–Trinajstić information content (AvgIpc) is 3.03. The molecule has 1 aliphatic heterocycles. The molecule has 23 heavy (non-hydrogen) atoms. The number of hydrogen-bond donors (Lipinski definition) is 1. The fourth-order valence-electron chi connectivity index (χ4n) is 2.26. The quantitative estimate of drug-likeness (QED) is 0.812. The number of nitrogens with one attached hydrogen (secondary N) is 1. The van der Waals surface area contributed by atoms with Crippen LogP contribution in [0.1, 0.15) is 13.8 Å². The van der Waals surface area contributed by atoms with Crippen LogP contribution in [0.25, 0.3) is 11.4 Å². The molecule has 3 amide bonds. The highest BCUT2D eigenvalue weighted by atomic mass is 79.9. The summed E-state index contributed by atoms with van der Waals surface area (Å²) in [5, 5.41) is 14.8. The minimum absolute atomic E-state index is 0.199. The second-order valence-corrected chi connectivity index (χ2v) is 6.64. The first-order valence-electron chi connectivity index (χ1n) is 7.05. The number of amides is 3. The molecule has 0 aliphatic carbocycles. The van der Waals surface area contributed by atoms with Gasteiger partial charge in [-0.15, -0.1) is 10.2 Å². The van der Waals surface area contributed by atoms with Crippen molar-refractivity contribution < 1.29 is 9.59 Å². The zero-order chi connectivity index (χ0) is 16.6. The molecule has 0 radical (unpaired) electrons. The second-order valence-electron chi connectivity index (χ2n) is 5.73. The molecule has 0 spiro atoms. The molecule has 0 unspecified atom stereocenters. The molecule has 0 bridgehead atoms. The first-order valence-corrected chi connectivity index (χ1v) is 7.84. The number of urea groups is 1. The zero-order valence-electron chi connectivity index (χ0n) is 12.7. The highest BCUT2D eigenvalue weighted by Gasteiger charge is 2.43. The van der Waals surface area contributed by atoms with Gasteiger partial charge in [-0.25, -0.2) is 4.79 Å². The molecule has 9 heteroatoms. The molecule has 1 aromatic heterocycles. The normalized spacial score (nSPS) is 16.7. The van der Waals surface area contributed by atoms with Crippen LogP contribution in [0.15, 0.2) is 28.7 Å². The van der Waals surface area contributed by atoms with E-state index in [-0.39, 0.29) is 12.5 Å². The van der Waals surface area contributed by atoms with Crippen LogP contribution in [-0.2, 0) is 11.3 Å². The van der Waals surface area contributed by atoms with E-state index in [9.17, 15) is 9.59 Å². The van der Waals surface area contributed by atoms with Crippen LogP contribution < -0.4 is 5.32 Å². The minimum atomic E-state index is -0.866. The van der Waals surface area contributed by atoms with Gasteiger partial charge in [-0.05, 0) is 43.3 Å². The van der Waals surface area contributed by atoms with Crippen LogP contribution in [0.5, 0.6) is 0 Å². The van der Waals surface area contributed by atoms with Gasteiger partial charge >= 0.3 is 6.03 Å². The fourth-order valence-corrected chi connectivity index (χ4v) is 2.53. The molecule has 2 aromatic rings. The van der Waals surface area contributed by atoms with E-state index in [2.05, 4.69) is 36.7 Å². The van der Waals surface area contributed by atoms with E-state index in [0.717, 1.165) is 10.0 Å². The molecule has 0 saturated carbocycles. The number of tetrazole rings is 1. The average molecular weight is 379 g/mol. The second kappa shape index (κ2) is 5.73. The molecule has 2 heterocycles. The van der Waals surface area contributed by atoms with E-state index in [4.69, 9.17) is 0 Å². The highest BCUT2D eigenvalue weighted by Crippen LogP contribution is 2.18. The fraction of sp³-hybridized carbons (Fsp3) is 0.357. The topological polar surface area (TPSA) is 93.0 Å². The molecule has 1 aliphatic rings. The number of rotatable bonds is 4. The Kier molecular flexibility index (Phi) is 3.88. The van der Waals surface area contributed by atoms with Gasteiger partial charge in [0.2, 0.25) is 5.82 Å². The number of imide groups is 1. The smallest absolute Gasteiger partial charge is 0.324 e. The first kappa shape index (κ1) is 15.6. The van der Waals surface area contributed by atoms with Gasteiger partial charge in [-0.3, -0.25) is 9.69 Å². The number of carbonyl (C=O) groups excluding carboxylic acids is 2. The maximum Gasteiger partial charge on any atom is 0.325 e. The summed E-state index contributed by atoms with van der Waals surface area (Å²) in [7, 11) is 0. The monoisotopic (exact) mass is 378 g/mol. The van der Waals surface area contributed by atoms with Gasteiger partial charge < -0.3 is 5.32 Å². The molecule has 3 rings (SSSR count). The predicted octanol–water partition coefficient (Wildman–Crippen LogP) is 1.43. The Morgan fingerprint density at radius 3 is 2.48 bits per heavy atom. The van der Waals surface area contributed by atoms with E-state index in [1.165, 1.54) is 9.70 Å². The van der Waals surface area contributed by atoms with Gasteiger partial charge in [0.15, 0.2) is 0 Å². The third kappa shape index (κ3) is 3.09. The van der Waals surface area contributed by atoms with Crippen molar-refractivity contribution >= 4 is 27.9 Å². The Hall–Kier alpha value is -2.29. The van der Waals surface area contributed by atoms with Gasteiger partial charge in [-0.1, -0.05) is 15.9 Å². The highest BCUT2D eigenvalue weighted by molar-refractivity contribution is 9.10. The van der Waals surface area contributed by atoms with Crippen molar-refractivity contribution in [2.45, 2.75) is 25.9 Å². The molecule has 1 saturated heterocycles. The molecular weight excluding hydrogens is 364 g/mol. The molecule has 120 valence electrons. The maximum absolute atomic E-state index is 12.1. The van der Waals surface area contributed by atoms with E-state index >= 15 is 0 Å². The third-order valence-corrected chi connectivity index (χ3v) is 4.05. The Labute approximate surface area is 141 Å². The van der Waals surface area contributed by atoms with E-state index in [1.807, 2.05) is 24.3 Å². The van der Waals surface area contributed by atoms with Crippen molar-refractivity contribution in [3.05, 3.63) is 28.7 Å². The lowest BCUT2D eigenvalue weighted by atomic mass is 10.1. The summed E-state index contributed by atoms with van der Waals surface area (Å²) < 4.78 is 0.967. The Balaban J connectivity index is 1.67. The lowest BCUT2D eigenvalue weighted by Crippen LogP contribution is -2.40. The third-order valence-electron chi connectivity index (χ3n) is 3.52. The van der Waals surface area contributed by atoms with Gasteiger partial charge in [0.25, 0.3) is 5.91 Å². The molecule has 1 aromatic carbocycles. The Morgan fingerprint density at radius 1 is 1.17 bits per heavy atom.